The fraction of sp³-hybridized carbons (Fsp3) is 0.923. The average molecular weight is 238 g/mol. The van der Waals surface area contributed by atoms with Gasteiger partial charge < -0.3 is 15.0 Å². The molecule has 0 aromatic rings. The van der Waals surface area contributed by atoms with Crippen molar-refractivity contribution < 1.29 is 9.53 Å². The minimum atomic E-state index is -0.550. The largest absolute Gasteiger partial charge is 0.365 e. The normalized spacial score (nSPS) is 45.3. The maximum atomic E-state index is 12.7. The maximum absolute atomic E-state index is 12.7. The van der Waals surface area contributed by atoms with Crippen LogP contribution in [0.5, 0.6) is 0 Å². The molecule has 17 heavy (non-hydrogen) atoms. The number of amides is 1. The van der Waals surface area contributed by atoms with Crippen molar-refractivity contribution in [2.75, 3.05) is 19.7 Å². The molecule has 4 nitrogen and oxygen atoms in total. The van der Waals surface area contributed by atoms with E-state index in [1.807, 2.05) is 6.92 Å². The SMILES string of the molecule is CC1CC2CNCC2N1C(=O)C1(C)CCCO1. The zero-order valence-electron chi connectivity index (χ0n) is 10.7. The fourth-order valence-corrected chi connectivity index (χ4v) is 3.74. The molecule has 4 heteroatoms. The van der Waals surface area contributed by atoms with Crippen molar-refractivity contribution in [3.63, 3.8) is 0 Å². The van der Waals surface area contributed by atoms with Crippen molar-refractivity contribution in [1.29, 1.82) is 0 Å². The third-order valence-corrected chi connectivity index (χ3v) is 4.69. The molecule has 0 saturated carbocycles. The minimum Gasteiger partial charge on any atom is -0.365 e. The van der Waals surface area contributed by atoms with E-state index in [2.05, 4.69) is 17.1 Å². The summed E-state index contributed by atoms with van der Waals surface area (Å²) in [6.07, 6.45) is 3.02. The summed E-state index contributed by atoms with van der Waals surface area (Å²) in [5, 5.41) is 3.40. The van der Waals surface area contributed by atoms with E-state index in [0.717, 1.165) is 39.0 Å². The van der Waals surface area contributed by atoms with Crippen molar-refractivity contribution in [2.45, 2.75) is 50.8 Å². The van der Waals surface area contributed by atoms with Gasteiger partial charge in [-0.2, -0.15) is 0 Å². The van der Waals surface area contributed by atoms with Crippen LogP contribution in [0.2, 0.25) is 0 Å². The molecule has 0 spiro atoms. The lowest BCUT2D eigenvalue weighted by molar-refractivity contribution is -0.153. The van der Waals surface area contributed by atoms with Gasteiger partial charge in [0.2, 0.25) is 0 Å². The van der Waals surface area contributed by atoms with Crippen LogP contribution in [0.15, 0.2) is 0 Å². The van der Waals surface area contributed by atoms with Crippen LogP contribution in [0, 0.1) is 5.92 Å². The summed E-state index contributed by atoms with van der Waals surface area (Å²) < 4.78 is 5.70. The van der Waals surface area contributed by atoms with Crippen LogP contribution in [0.25, 0.3) is 0 Å². The van der Waals surface area contributed by atoms with Gasteiger partial charge in [0.25, 0.3) is 5.91 Å². The molecule has 3 aliphatic heterocycles. The summed E-state index contributed by atoms with van der Waals surface area (Å²) in [7, 11) is 0. The smallest absolute Gasteiger partial charge is 0.255 e. The number of carbonyl (C=O) groups excluding carboxylic acids is 1. The Kier molecular flexibility index (Phi) is 2.67. The first-order valence-corrected chi connectivity index (χ1v) is 6.79. The predicted octanol–water partition coefficient (Wildman–Crippen LogP) is 0.764. The molecule has 0 radical (unpaired) electrons. The number of fused-ring (bicyclic) bond motifs is 1. The first-order chi connectivity index (χ1) is 8.12. The third-order valence-electron chi connectivity index (χ3n) is 4.69. The number of hydrogen-bond acceptors (Lipinski definition) is 3. The predicted molar refractivity (Wildman–Crippen MR) is 64.7 cm³/mol. The summed E-state index contributed by atoms with van der Waals surface area (Å²) in [6, 6.07) is 0.777. The van der Waals surface area contributed by atoms with E-state index in [1.54, 1.807) is 0 Å². The first kappa shape index (κ1) is 11.5. The van der Waals surface area contributed by atoms with Gasteiger partial charge in [0, 0.05) is 31.8 Å². The van der Waals surface area contributed by atoms with Crippen LogP contribution < -0.4 is 5.32 Å². The van der Waals surface area contributed by atoms with Gasteiger partial charge in [-0.3, -0.25) is 4.79 Å². The lowest BCUT2D eigenvalue weighted by atomic mass is 9.99. The zero-order chi connectivity index (χ0) is 12.0. The molecule has 1 amide bonds. The molecule has 1 N–H and O–H groups in total. The maximum Gasteiger partial charge on any atom is 0.255 e. The second-order valence-corrected chi connectivity index (χ2v) is 5.97. The fourth-order valence-electron chi connectivity index (χ4n) is 3.74. The second-order valence-electron chi connectivity index (χ2n) is 5.97. The van der Waals surface area contributed by atoms with E-state index in [1.165, 1.54) is 0 Å². The Morgan fingerprint density at radius 1 is 1.47 bits per heavy atom. The standard InChI is InChI=1S/C13H22N2O2/c1-9-6-10-7-14-8-11(10)15(9)12(16)13(2)4-3-5-17-13/h9-11,14H,3-8H2,1-2H3. The molecule has 3 rings (SSSR count). The molecule has 0 aromatic carbocycles. The van der Waals surface area contributed by atoms with E-state index in [9.17, 15) is 4.79 Å². The zero-order valence-corrected chi connectivity index (χ0v) is 10.7. The highest BCUT2D eigenvalue weighted by molar-refractivity contribution is 5.86. The van der Waals surface area contributed by atoms with Gasteiger partial charge in [0.05, 0.1) is 0 Å². The third kappa shape index (κ3) is 1.69. The molecule has 0 bridgehead atoms. The van der Waals surface area contributed by atoms with Crippen LogP contribution in [0.4, 0.5) is 0 Å². The lowest BCUT2D eigenvalue weighted by Crippen LogP contribution is -2.52. The number of rotatable bonds is 1. The van der Waals surface area contributed by atoms with Crippen LogP contribution in [-0.2, 0) is 9.53 Å². The molecular formula is C13H22N2O2. The average Bonchev–Trinajstić information content (AvgIpc) is 2.93. The molecule has 3 fully saturated rings. The van der Waals surface area contributed by atoms with Gasteiger partial charge in [-0.1, -0.05) is 0 Å². The number of likely N-dealkylation sites (tertiary alicyclic amines) is 1. The Labute approximate surface area is 103 Å². The monoisotopic (exact) mass is 238 g/mol. The van der Waals surface area contributed by atoms with Crippen molar-refractivity contribution in [3.8, 4) is 0 Å². The second kappa shape index (κ2) is 3.95. The molecule has 3 saturated heterocycles. The Morgan fingerprint density at radius 3 is 3.00 bits per heavy atom. The molecule has 3 heterocycles. The highest BCUT2D eigenvalue weighted by atomic mass is 16.5. The summed E-state index contributed by atoms with van der Waals surface area (Å²) in [6.45, 7) is 6.89. The van der Waals surface area contributed by atoms with E-state index in [-0.39, 0.29) is 5.91 Å². The van der Waals surface area contributed by atoms with Crippen molar-refractivity contribution in [3.05, 3.63) is 0 Å². The minimum absolute atomic E-state index is 0.221. The van der Waals surface area contributed by atoms with Crippen molar-refractivity contribution in [2.24, 2.45) is 5.92 Å². The summed E-state index contributed by atoms with van der Waals surface area (Å²) >= 11 is 0. The first-order valence-electron chi connectivity index (χ1n) is 6.79. The number of nitrogens with zero attached hydrogens (tertiary/aromatic N) is 1. The van der Waals surface area contributed by atoms with Crippen molar-refractivity contribution in [1.82, 2.24) is 10.2 Å². The van der Waals surface area contributed by atoms with Gasteiger partial charge in [-0.05, 0) is 39.0 Å². The Morgan fingerprint density at radius 2 is 2.29 bits per heavy atom. The van der Waals surface area contributed by atoms with Crippen LogP contribution in [0.3, 0.4) is 0 Å². The topological polar surface area (TPSA) is 41.6 Å². The molecule has 4 unspecified atom stereocenters. The van der Waals surface area contributed by atoms with E-state index < -0.39 is 5.60 Å². The van der Waals surface area contributed by atoms with Gasteiger partial charge in [-0.15, -0.1) is 0 Å². The Balaban J connectivity index is 1.80. The lowest BCUT2D eigenvalue weighted by Gasteiger charge is -2.34. The van der Waals surface area contributed by atoms with Gasteiger partial charge in [0.15, 0.2) is 0 Å². The van der Waals surface area contributed by atoms with Gasteiger partial charge in [0.1, 0.15) is 5.60 Å². The van der Waals surface area contributed by atoms with Gasteiger partial charge >= 0.3 is 0 Å². The Bertz CT molecular complexity index is 325. The van der Waals surface area contributed by atoms with Crippen LogP contribution in [-0.4, -0.2) is 48.2 Å². The van der Waals surface area contributed by atoms with E-state index >= 15 is 0 Å². The summed E-state index contributed by atoms with van der Waals surface area (Å²) in [5.41, 5.74) is -0.550. The molecule has 0 aromatic heterocycles. The molecule has 0 aliphatic carbocycles. The highest BCUT2D eigenvalue weighted by Crippen LogP contribution is 2.37. The molecule has 4 atom stereocenters. The molecule has 3 aliphatic rings. The van der Waals surface area contributed by atoms with Crippen LogP contribution >= 0.6 is 0 Å². The van der Waals surface area contributed by atoms with Gasteiger partial charge in [-0.25, -0.2) is 0 Å². The highest BCUT2D eigenvalue weighted by Gasteiger charge is 2.50. The number of hydrogen-bond donors (Lipinski definition) is 1. The quantitative estimate of drug-likeness (QED) is 0.733. The Hall–Kier alpha value is -0.610. The summed E-state index contributed by atoms with van der Waals surface area (Å²) in [5.74, 6) is 0.873. The number of carbonyl (C=O) groups is 1. The number of nitrogens with one attached hydrogen (secondary N) is 1. The van der Waals surface area contributed by atoms with Crippen LogP contribution in [0.1, 0.15) is 33.1 Å². The molecular weight excluding hydrogens is 216 g/mol. The van der Waals surface area contributed by atoms with E-state index in [4.69, 9.17) is 4.74 Å². The molecule has 96 valence electrons. The van der Waals surface area contributed by atoms with E-state index in [0.29, 0.717) is 18.0 Å². The number of ether oxygens (including phenoxy) is 1. The van der Waals surface area contributed by atoms with Crippen molar-refractivity contribution >= 4 is 5.91 Å². The summed E-state index contributed by atoms with van der Waals surface area (Å²) in [4.78, 5) is 14.8.